The second-order valence-corrected chi connectivity index (χ2v) is 8.55. The molecule has 1 aromatic heterocycles. The third-order valence-electron chi connectivity index (χ3n) is 6.45. The molecule has 0 aliphatic carbocycles. The van der Waals surface area contributed by atoms with Gasteiger partial charge in [0.2, 0.25) is 5.91 Å². The Bertz CT molecular complexity index is 1210. The normalized spacial score (nSPS) is 20.2. The number of fused-ring (bicyclic) bond motifs is 2. The Balaban J connectivity index is 1.33. The first-order valence-electron chi connectivity index (χ1n) is 10.4. The first-order chi connectivity index (χ1) is 14.9. The molecule has 1 amide bonds. The smallest absolute Gasteiger partial charge is 0.228 e. The van der Waals surface area contributed by atoms with Crippen LogP contribution in [0.5, 0.6) is 11.5 Å². The van der Waals surface area contributed by atoms with Crippen LogP contribution in [0.1, 0.15) is 40.0 Å². The highest BCUT2D eigenvalue weighted by Gasteiger charge is 2.47. The minimum Gasteiger partial charge on any atom is -0.497 e. The van der Waals surface area contributed by atoms with E-state index in [9.17, 15) is 9.59 Å². The summed E-state index contributed by atoms with van der Waals surface area (Å²) in [6, 6.07) is 9.22. The Morgan fingerprint density at radius 3 is 2.84 bits per heavy atom. The molecule has 3 heterocycles. The summed E-state index contributed by atoms with van der Waals surface area (Å²) in [7, 11) is 1.57. The highest BCUT2D eigenvalue weighted by molar-refractivity contribution is 6.01. The maximum atomic E-state index is 13.0. The molecule has 1 saturated heterocycles. The van der Waals surface area contributed by atoms with Crippen LogP contribution in [0.15, 0.2) is 34.9 Å². The third-order valence-corrected chi connectivity index (χ3v) is 6.45. The predicted octanol–water partition coefficient (Wildman–Crippen LogP) is 3.63. The summed E-state index contributed by atoms with van der Waals surface area (Å²) < 4.78 is 16.9. The Kier molecular flexibility index (Phi) is 4.50. The van der Waals surface area contributed by atoms with E-state index in [1.807, 2.05) is 26.0 Å². The maximum absolute atomic E-state index is 13.0. The van der Waals surface area contributed by atoms with Gasteiger partial charge in [-0.05, 0) is 55.3 Å². The minimum absolute atomic E-state index is 0.0165. The average Bonchev–Trinajstić information content (AvgIpc) is 3.32. The fraction of sp³-hybridized carbons (Fsp3) is 0.375. The lowest BCUT2D eigenvalue weighted by atomic mass is 9.89. The molecule has 7 nitrogen and oxygen atoms in total. The Morgan fingerprint density at radius 2 is 2.03 bits per heavy atom. The number of Topliss-reactive ketones (excluding diaryl/α,β-unsaturated/α-hetero) is 1. The van der Waals surface area contributed by atoms with Crippen molar-refractivity contribution in [3.8, 4) is 11.5 Å². The monoisotopic (exact) mass is 420 g/mol. The molecule has 1 fully saturated rings. The Morgan fingerprint density at radius 1 is 1.23 bits per heavy atom. The standard InChI is InChI=1S/C24H24N2O5/c1-14-8-17-19(25-31-22(17)9-15(14)2)11-23(28)26-7-6-24(13-26)12-20(27)18-10-16(29-3)4-5-21(18)30-24/h4-5,8-10H,6-7,11-13H2,1-3H3. The summed E-state index contributed by atoms with van der Waals surface area (Å²) in [5.41, 5.74) is 3.45. The molecule has 2 aliphatic heterocycles. The summed E-state index contributed by atoms with van der Waals surface area (Å²) in [5, 5.41) is 5.00. The Labute approximate surface area is 179 Å². The highest BCUT2D eigenvalue weighted by Crippen LogP contribution is 2.40. The first-order valence-corrected chi connectivity index (χ1v) is 10.4. The van der Waals surface area contributed by atoms with Gasteiger partial charge < -0.3 is 18.9 Å². The van der Waals surface area contributed by atoms with Gasteiger partial charge in [0.15, 0.2) is 11.4 Å². The zero-order valence-electron chi connectivity index (χ0n) is 17.9. The number of aromatic nitrogens is 1. The van der Waals surface area contributed by atoms with E-state index in [1.165, 1.54) is 0 Å². The molecule has 2 aliphatic rings. The van der Waals surface area contributed by atoms with Gasteiger partial charge in [-0.3, -0.25) is 9.59 Å². The van der Waals surface area contributed by atoms with E-state index in [-0.39, 0.29) is 24.5 Å². The molecule has 0 bridgehead atoms. The van der Waals surface area contributed by atoms with Crippen molar-refractivity contribution in [1.82, 2.24) is 10.1 Å². The van der Waals surface area contributed by atoms with Gasteiger partial charge in [-0.15, -0.1) is 0 Å². The van der Waals surface area contributed by atoms with Crippen LogP contribution in [-0.2, 0) is 11.2 Å². The molecule has 5 rings (SSSR count). The molecule has 160 valence electrons. The lowest BCUT2D eigenvalue weighted by Gasteiger charge is -2.34. The lowest BCUT2D eigenvalue weighted by molar-refractivity contribution is -0.130. The number of ketones is 1. The van der Waals surface area contributed by atoms with Gasteiger partial charge >= 0.3 is 0 Å². The van der Waals surface area contributed by atoms with Crippen LogP contribution in [0.3, 0.4) is 0 Å². The van der Waals surface area contributed by atoms with Gasteiger partial charge in [0, 0.05) is 18.4 Å². The third kappa shape index (κ3) is 3.34. The summed E-state index contributed by atoms with van der Waals surface area (Å²) in [6.07, 6.45) is 1.03. The number of hydrogen-bond donors (Lipinski definition) is 0. The topological polar surface area (TPSA) is 81.9 Å². The van der Waals surface area contributed by atoms with Gasteiger partial charge in [0.05, 0.1) is 32.1 Å². The van der Waals surface area contributed by atoms with E-state index in [1.54, 1.807) is 30.2 Å². The van der Waals surface area contributed by atoms with Crippen LogP contribution in [-0.4, -0.2) is 47.5 Å². The van der Waals surface area contributed by atoms with Gasteiger partial charge in [-0.2, -0.15) is 0 Å². The number of rotatable bonds is 3. The maximum Gasteiger partial charge on any atom is 0.228 e. The number of aryl methyl sites for hydroxylation is 2. The van der Waals surface area contributed by atoms with Crippen LogP contribution < -0.4 is 9.47 Å². The summed E-state index contributed by atoms with van der Waals surface area (Å²) in [5.74, 6) is 1.16. The fourth-order valence-corrected chi connectivity index (χ4v) is 4.51. The number of carbonyl (C=O) groups is 2. The second kappa shape index (κ2) is 7.11. The van der Waals surface area contributed by atoms with Gasteiger partial charge in [-0.25, -0.2) is 0 Å². The number of benzene rings is 2. The first kappa shape index (κ1) is 19.6. The van der Waals surface area contributed by atoms with Crippen LogP contribution in [0.25, 0.3) is 11.0 Å². The molecule has 3 aromatic rings. The van der Waals surface area contributed by atoms with Crippen LogP contribution in [0.2, 0.25) is 0 Å². The van der Waals surface area contributed by atoms with E-state index in [0.717, 1.165) is 16.5 Å². The summed E-state index contributed by atoms with van der Waals surface area (Å²) in [6.45, 7) is 4.98. The van der Waals surface area contributed by atoms with E-state index in [4.69, 9.17) is 14.0 Å². The highest BCUT2D eigenvalue weighted by atomic mass is 16.5. The number of methoxy groups -OCH3 is 1. The molecular weight excluding hydrogens is 396 g/mol. The van der Waals surface area contributed by atoms with Crippen LogP contribution in [0, 0.1) is 13.8 Å². The van der Waals surface area contributed by atoms with Crippen LogP contribution >= 0.6 is 0 Å². The summed E-state index contributed by atoms with van der Waals surface area (Å²) in [4.78, 5) is 27.6. The fourth-order valence-electron chi connectivity index (χ4n) is 4.51. The van der Waals surface area contributed by atoms with Crippen molar-refractivity contribution in [2.45, 2.75) is 38.7 Å². The number of likely N-dealkylation sites (tertiary alicyclic amines) is 1. The van der Waals surface area contributed by atoms with Crippen LogP contribution in [0.4, 0.5) is 0 Å². The molecule has 0 saturated carbocycles. The van der Waals surface area contributed by atoms with E-state index in [2.05, 4.69) is 5.16 Å². The molecular formula is C24H24N2O5. The van der Waals surface area contributed by atoms with Crippen molar-refractivity contribution in [2.24, 2.45) is 0 Å². The van der Waals surface area contributed by atoms with E-state index < -0.39 is 5.60 Å². The zero-order chi connectivity index (χ0) is 21.8. The lowest BCUT2D eigenvalue weighted by Crippen LogP contribution is -2.45. The molecule has 1 unspecified atom stereocenters. The second-order valence-electron chi connectivity index (χ2n) is 8.55. The largest absolute Gasteiger partial charge is 0.497 e. The average molecular weight is 420 g/mol. The van der Waals surface area contributed by atoms with Crippen molar-refractivity contribution in [3.05, 3.63) is 52.7 Å². The van der Waals surface area contributed by atoms with Gasteiger partial charge in [0.1, 0.15) is 22.8 Å². The number of ether oxygens (including phenoxy) is 2. The van der Waals surface area contributed by atoms with Gasteiger partial charge in [0.25, 0.3) is 0 Å². The van der Waals surface area contributed by atoms with Crippen molar-refractivity contribution in [3.63, 3.8) is 0 Å². The quantitative estimate of drug-likeness (QED) is 0.644. The molecule has 0 radical (unpaired) electrons. The molecule has 0 N–H and O–H groups in total. The number of carbonyl (C=O) groups excluding carboxylic acids is 2. The molecule has 2 aromatic carbocycles. The molecule has 1 atom stereocenters. The number of nitrogens with zero attached hydrogens (tertiary/aromatic N) is 2. The molecule has 31 heavy (non-hydrogen) atoms. The van der Waals surface area contributed by atoms with Crippen molar-refractivity contribution >= 4 is 22.7 Å². The Hall–Kier alpha value is -3.35. The van der Waals surface area contributed by atoms with Crippen molar-refractivity contribution < 1.29 is 23.6 Å². The van der Waals surface area contributed by atoms with Gasteiger partial charge in [-0.1, -0.05) is 5.16 Å². The van der Waals surface area contributed by atoms with Crippen molar-refractivity contribution in [1.29, 1.82) is 0 Å². The number of hydrogen-bond acceptors (Lipinski definition) is 6. The van der Waals surface area contributed by atoms with E-state index >= 15 is 0 Å². The minimum atomic E-state index is -0.673. The zero-order valence-corrected chi connectivity index (χ0v) is 17.9. The number of amides is 1. The SMILES string of the molecule is COc1ccc2c(c1)C(=O)CC1(CCN(C(=O)Cc3noc4cc(C)c(C)cc34)C1)O2. The van der Waals surface area contributed by atoms with Crippen molar-refractivity contribution in [2.75, 3.05) is 20.2 Å². The predicted molar refractivity (Wildman–Crippen MR) is 114 cm³/mol. The molecule has 1 spiro atoms. The summed E-state index contributed by atoms with van der Waals surface area (Å²) >= 11 is 0. The van der Waals surface area contributed by atoms with E-state index in [0.29, 0.717) is 47.8 Å². The molecule has 7 heteroatoms.